The first kappa shape index (κ1) is 19.1. The Balaban J connectivity index is 1.59. The quantitative estimate of drug-likeness (QED) is 0.448. The Kier molecular flexibility index (Phi) is 5.40. The van der Waals surface area contributed by atoms with Crippen molar-refractivity contribution in [3.05, 3.63) is 71.6 Å². The summed E-state index contributed by atoms with van der Waals surface area (Å²) in [5.74, 6) is 1.21. The molecule has 4 aromatic rings. The Bertz CT molecular complexity index is 1160. The normalized spacial score (nSPS) is 14.8. The minimum absolute atomic E-state index is 0.347. The lowest BCUT2D eigenvalue weighted by atomic mass is 10.1. The molecule has 152 valence electrons. The number of rotatable bonds is 5. The van der Waals surface area contributed by atoms with Crippen LogP contribution in [0.3, 0.4) is 0 Å². The van der Waals surface area contributed by atoms with Gasteiger partial charge in [-0.25, -0.2) is 9.37 Å². The summed E-state index contributed by atoms with van der Waals surface area (Å²) in [6.07, 6.45) is 0. The zero-order valence-corrected chi connectivity index (χ0v) is 17.1. The molecule has 1 aliphatic heterocycles. The molecule has 0 atom stereocenters. The van der Waals surface area contributed by atoms with Gasteiger partial charge in [-0.2, -0.15) is 4.98 Å². The molecule has 30 heavy (non-hydrogen) atoms. The summed E-state index contributed by atoms with van der Waals surface area (Å²) in [7, 11) is 0. The van der Waals surface area contributed by atoms with Gasteiger partial charge in [0.1, 0.15) is 22.2 Å². The van der Waals surface area contributed by atoms with Crippen molar-refractivity contribution in [2.24, 2.45) is 0 Å². The third-order valence-electron chi connectivity index (χ3n) is 5.01. The molecule has 7 heteroatoms. The zero-order chi connectivity index (χ0) is 20.3. The second kappa shape index (κ2) is 8.47. The fourth-order valence-electron chi connectivity index (χ4n) is 3.53. The number of hydrogen-bond acceptors (Lipinski definition) is 6. The number of benzene rings is 2. The molecule has 3 heterocycles. The Morgan fingerprint density at radius 3 is 2.67 bits per heavy atom. The first-order valence-corrected chi connectivity index (χ1v) is 10.7. The molecule has 0 bridgehead atoms. The van der Waals surface area contributed by atoms with Crippen molar-refractivity contribution >= 4 is 21.6 Å². The van der Waals surface area contributed by atoms with Crippen molar-refractivity contribution in [1.29, 1.82) is 0 Å². The highest BCUT2D eigenvalue weighted by Gasteiger charge is 2.19. The van der Waals surface area contributed by atoms with Gasteiger partial charge in [0.15, 0.2) is 0 Å². The van der Waals surface area contributed by atoms with Gasteiger partial charge in [0.05, 0.1) is 25.1 Å². The van der Waals surface area contributed by atoms with Crippen LogP contribution in [0.5, 0.6) is 11.6 Å². The third-order valence-corrected chi connectivity index (χ3v) is 5.88. The van der Waals surface area contributed by atoms with E-state index in [1.807, 2.05) is 18.2 Å². The maximum atomic E-state index is 13.7. The van der Waals surface area contributed by atoms with Crippen molar-refractivity contribution in [3.63, 3.8) is 0 Å². The molecule has 2 aromatic heterocycles. The Labute approximate surface area is 177 Å². The first-order valence-electron chi connectivity index (χ1n) is 9.83. The van der Waals surface area contributed by atoms with Gasteiger partial charge >= 0.3 is 0 Å². The fourth-order valence-corrected chi connectivity index (χ4v) is 4.48. The molecule has 0 unspecified atom stereocenters. The monoisotopic (exact) mass is 421 g/mol. The lowest BCUT2D eigenvalue weighted by Crippen LogP contribution is -2.36. The molecule has 5 rings (SSSR count). The number of nitrogens with zero attached hydrogens (tertiary/aromatic N) is 3. The summed E-state index contributed by atoms with van der Waals surface area (Å²) in [6, 6.07) is 16.2. The number of thiophene rings is 1. The van der Waals surface area contributed by atoms with E-state index in [4.69, 9.17) is 19.4 Å². The third kappa shape index (κ3) is 4.05. The number of halogens is 1. The van der Waals surface area contributed by atoms with Crippen LogP contribution in [0, 0.1) is 5.82 Å². The molecule has 0 spiro atoms. The summed E-state index contributed by atoms with van der Waals surface area (Å²) in [6.45, 7) is 3.75. The van der Waals surface area contributed by atoms with Gasteiger partial charge in [-0.15, -0.1) is 11.3 Å². The number of morpholine rings is 1. The Morgan fingerprint density at radius 2 is 1.87 bits per heavy atom. The highest BCUT2D eigenvalue weighted by molar-refractivity contribution is 7.17. The molecule has 0 N–H and O–H groups in total. The molecule has 1 saturated heterocycles. The number of aromatic nitrogens is 2. The van der Waals surface area contributed by atoms with Crippen LogP contribution in [0.15, 0.2) is 60.0 Å². The maximum Gasteiger partial charge on any atom is 0.232 e. The average Bonchev–Trinajstić information content (AvgIpc) is 3.19. The van der Waals surface area contributed by atoms with E-state index in [0.717, 1.165) is 34.4 Å². The summed E-state index contributed by atoms with van der Waals surface area (Å²) >= 11 is 1.56. The number of fused-ring (bicyclic) bond motifs is 1. The van der Waals surface area contributed by atoms with Crippen LogP contribution in [0.2, 0.25) is 0 Å². The van der Waals surface area contributed by atoms with Crippen LogP contribution in [-0.4, -0.2) is 41.2 Å². The largest absolute Gasteiger partial charge is 0.438 e. The maximum absolute atomic E-state index is 13.7. The predicted molar refractivity (Wildman–Crippen MR) is 115 cm³/mol. The van der Waals surface area contributed by atoms with Crippen LogP contribution < -0.4 is 4.74 Å². The van der Waals surface area contributed by atoms with E-state index in [1.165, 1.54) is 12.1 Å². The van der Waals surface area contributed by atoms with Gasteiger partial charge in [0, 0.05) is 30.1 Å². The lowest BCUT2D eigenvalue weighted by molar-refractivity contribution is 0.0330. The minimum atomic E-state index is -0.347. The van der Waals surface area contributed by atoms with E-state index < -0.39 is 0 Å². The van der Waals surface area contributed by atoms with Gasteiger partial charge in [0.2, 0.25) is 5.88 Å². The van der Waals surface area contributed by atoms with Crippen LogP contribution in [-0.2, 0) is 11.3 Å². The van der Waals surface area contributed by atoms with Crippen molar-refractivity contribution < 1.29 is 13.9 Å². The molecular formula is C23H20FN3O2S. The van der Waals surface area contributed by atoms with Crippen molar-refractivity contribution in [3.8, 4) is 22.8 Å². The minimum Gasteiger partial charge on any atom is -0.438 e. The van der Waals surface area contributed by atoms with Gasteiger partial charge < -0.3 is 9.47 Å². The fraction of sp³-hybridized carbons (Fsp3) is 0.217. The van der Waals surface area contributed by atoms with Crippen LogP contribution in [0.4, 0.5) is 4.39 Å². The highest BCUT2D eigenvalue weighted by Crippen LogP contribution is 2.39. The molecule has 2 aromatic carbocycles. The molecule has 0 amide bonds. The van der Waals surface area contributed by atoms with Crippen molar-refractivity contribution in [2.75, 3.05) is 26.3 Å². The SMILES string of the molecule is Fc1cccc(Oc2nc(CN3CCOCC3)nc3scc(-c4ccccc4)c23)c1. The molecule has 5 nitrogen and oxygen atoms in total. The highest BCUT2D eigenvalue weighted by atomic mass is 32.1. The second-order valence-corrected chi connectivity index (χ2v) is 7.95. The first-order chi connectivity index (χ1) is 14.8. The average molecular weight is 421 g/mol. The molecule has 1 aliphatic rings. The topological polar surface area (TPSA) is 47.5 Å². The number of hydrogen-bond donors (Lipinski definition) is 0. The molecular weight excluding hydrogens is 401 g/mol. The van der Waals surface area contributed by atoms with Crippen LogP contribution in [0.1, 0.15) is 5.82 Å². The van der Waals surface area contributed by atoms with E-state index in [-0.39, 0.29) is 5.82 Å². The van der Waals surface area contributed by atoms with E-state index >= 15 is 0 Å². The van der Waals surface area contributed by atoms with Crippen LogP contribution in [0.25, 0.3) is 21.3 Å². The predicted octanol–water partition coefficient (Wildman–Crippen LogP) is 5.12. The summed E-state index contributed by atoms with van der Waals surface area (Å²) in [5, 5.41) is 2.92. The van der Waals surface area contributed by atoms with E-state index in [1.54, 1.807) is 23.5 Å². The van der Waals surface area contributed by atoms with E-state index in [0.29, 0.717) is 37.2 Å². The zero-order valence-electron chi connectivity index (χ0n) is 16.3. The molecule has 0 aliphatic carbocycles. The summed E-state index contributed by atoms with van der Waals surface area (Å²) < 4.78 is 25.3. The van der Waals surface area contributed by atoms with Gasteiger partial charge in [0.25, 0.3) is 0 Å². The molecule has 0 radical (unpaired) electrons. The van der Waals surface area contributed by atoms with Gasteiger partial charge in [-0.1, -0.05) is 36.4 Å². The summed E-state index contributed by atoms with van der Waals surface area (Å²) in [4.78, 5) is 12.7. The van der Waals surface area contributed by atoms with E-state index in [9.17, 15) is 4.39 Å². The number of ether oxygens (including phenoxy) is 2. The van der Waals surface area contributed by atoms with Crippen molar-refractivity contribution in [1.82, 2.24) is 14.9 Å². The van der Waals surface area contributed by atoms with Gasteiger partial charge in [-0.05, 0) is 17.7 Å². The molecule has 1 fully saturated rings. The standard InChI is InChI=1S/C23H20FN3O2S/c24-17-7-4-8-18(13-17)29-22-21-19(16-5-2-1-3-6-16)15-30-23(21)26-20(25-22)14-27-9-11-28-12-10-27/h1-8,13,15H,9-12,14H2. The summed E-state index contributed by atoms with van der Waals surface area (Å²) in [5.41, 5.74) is 2.08. The van der Waals surface area contributed by atoms with Crippen LogP contribution >= 0.6 is 11.3 Å². The second-order valence-electron chi connectivity index (χ2n) is 7.09. The van der Waals surface area contributed by atoms with Crippen molar-refractivity contribution in [2.45, 2.75) is 6.54 Å². The molecule has 0 saturated carbocycles. The van der Waals surface area contributed by atoms with E-state index in [2.05, 4.69) is 22.4 Å². The lowest BCUT2D eigenvalue weighted by Gasteiger charge is -2.25. The van der Waals surface area contributed by atoms with Gasteiger partial charge in [-0.3, -0.25) is 4.90 Å². The Morgan fingerprint density at radius 1 is 1.03 bits per heavy atom. The Hall–Kier alpha value is -2.87. The smallest absolute Gasteiger partial charge is 0.232 e.